The number of aldehydes is 1. The van der Waals surface area contributed by atoms with Crippen LogP contribution in [0.4, 0.5) is 0 Å². The van der Waals surface area contributed by atoms with E-state index in [1.54, 1.807) is 18.2 Å². The van der Waals surface area contributed by atoms with Crippen molar-refractivity contribution in [1.29, 1.82) is 0 Å². The minimum absolute atomic E-state index is 0.0483. The molecule has 0 saturated heterocycles. The van der Waals surface area contributed by atoms with E-state index in [1.165, 1.54) is 19.2 Å². The molecule has 0 aliphatic carbocycles. The van der Waals surface area contributed by atoms with E-state index in [2.05, 4.69) is 0 Å². The second kappa shape index (κ2) is 4.25. The number of rotatable bonds is 3. The van der Waals surface area contributed by atoms with Gasteiger partial charge in [-0.25, -0.2) is 0 Å². The molecule has 0 saturated carbocycles. The van der Waals surface area contributed by atoms with Crippen molar-refractivity contribution in [2.75, 3.05) is 7.11 Å². The number of aromatic hydroxyl groups is 1. The van der Waals surface area contributed by atoms with Crippen LogP contribution in [0.5, 0.6) is 11.5 Å². The number of Topliss-reactive ketones (excluding diaryl/α,β-unsaturated/α-hetero) is 1. The summed E-state index contributed by atoms with van der Waals surface area (Å²) in [5, 5.41) is 10.7. The Balaban J connectivity index is 2.79. The number of hydrogen-bond donors (Lipinski definition) is 1. The van der Waals surface area contributed by atoms with E-state index in [4.69, 9.17) is 4.74 Å². The number of ketones is 1. The summed E-state index contributed by atoms with van der Waals surface area (Å²) >= 11 is 0. The van der Waals surface area contributed by atoms with Crippen molar-refractivity contribution in [2.24, 2.45) is 0 Å². The lowest BCUT2D eigenvalue weighted by Gasteiger charge is -2.06. The molecule has 0 fully saturated rings. The fraction of sp³-hybridized carbons (Fsp3) is 0.0769. The number of hydrogen-bond acceptors (Lipinski definition) is 4. The minimum Gasteiger partial charge on any atom is -0.508 e. The lowest BCUT2D eigenvalue weighted by Crippen LogP contribution is -2.00. The number of carbonyl (C=O) groups excluding carboxylic acids is 2. The second-order valence-electron chi connectivity index (χ2n) is 3.56. The Hall–Kier alpha value is -2.36. The van der Waals surface area contributed by atoms with Crippen LogP contribution in [-0.4, -0.2) is 24.3 Å². The van der Waals surface area contributed by atoms with Gasteiger partial charge in [-0.15, -0.1) is 0 Å². The fourth-order valence-electron chi connectivity index (χ4n) is 1.72. The molecular weight excluding hydrogens is 220 g/mol. The van der Waals surface area contributed by atoms with Crippen LogP contribution in [0.25, 0.3) is 10.8 Å². The molecule has 0 atom stereocenters. The van der Waals surface area contributed by atoms with Gasteiger partial charge in [-0.3, -0.25) is 9.59 Å². The maximum absolute atomic E-state index is 11.5. The zero-order valence-corrected chi connectivity index (χ0v) is 9.14. The van der Waals surface area contributed by atoms with Gasteiger partial charge in [-0.1, -0.05) is 6.07 Å². The van der Waals surface area contributed by atoms with Gasteiger partial charge in [0.1, 0.15) is 11.5 Å². The smallest absolute Gasteiger partial charge is 0.226 e. The molecule has 2 rings (SSSR count). The molecule has 0 aromatic heterocycles. The van der Waals surface area contributed by atoms with Crippen LogP contribution in [0.1, 0.15) is 10.4 Å². The number of fused-ring (bicyclic) bond motifs is 1. The number of benzene rings is 2. The molecular formula is C13H10O4. The number of methoxy groups -OCH3 is 1. The number of phenols is 1. The SMILES string of the molecule is COc1ccc2cc(O)cc(C(=O)C=O)c2c1. The van der Waals surface area contributed by atoms with Crippen molar-refractivity contribution in [3.63, 3.8) is 0 Å². The maximum atomic E-state index is 11.5. The highest BCUT2D eigenvalue weighted by Crippen LogP contribution is 2.28. The van der Waals surface area contributed by atoms with E-state index in [0.29, 0.717) is 16.5 Å². The van der Waals surface area contributed by atoms with Crippen molar-refractivity contribution in [3.05, 3.63) is 35.9 Å². The van der Waals surface area contributed by atoms with Crippen molar-refractivity contribution in [2.45, 2.75) is 0 Å². The summed E-state index contributed by atoms with van der Waals surface area (Å²) in [5.74, 6) is -0.129. The zero-order chi connectivity index (χ0) is 12.4. The van der Waals surface area contributed by atoms with Gasteiger partial charge in [-0.05, 0) is 35.0 Å². The van der Waals surface area contributed by atoms with Gasteiger partial charge in [0.15, 0.2) is 6.29 Å². The van der Waals surface area contributed by atoms with E-state index < -0.39 is 5.78 Å². The van der Waals surface area contributed by atoms with Crippen LogP contribution >= 0.6 is 0 Å². The molecule has 0 bridgehead atoms. The largest absolute Gasteiger partial charge is 0.508 e. The highest BCUT2D eigenvalue weighted by Gasteiger charge is 2.11. The van der Waals surface area contributed by atoms with Crippen LogP contribution in [0, 0.1) is 0 Å². The topological polar surface area (TPSA) is 63.6 Å². The summed E-state index contributed by atoms with van der Waals surface area (Å²) < 4.78 is 5.06. The normalized spacial score (nSPS) is 10.2. The summed E-state index contributed by atoms with van der Waals surface area (Å²) in [5.41, 5.74) is 0.175. The Bertz CT molecular complexity index is 602. The first-order valence-corrected chi connectivity index (χ1v) is 4.96. The molecule has 0 aliphatic rings. The van der Waals surface area contributed by atoms with Gasteiger partial charge in [0.2, 0.25) is 5.78 Å². The average Bonchev–Trinajstić information content (AvgIpc) is 2.36. The molecule has 0 amide bonds. The van der Waals surface area contributed by atoms with Crippen LogP contribution < -0.4 is 4.74 Å². The van der Waals surface area contributed by atoms with E-state index in [0.717, 1.165) is 0 Å². The number of carbonyl (C=O) groups is 2. The average molecular weight is 230 g/mol. The molecule has 17 heavy (non-hydrogen) atoms. The highest BCUT2D eigenvalue weighted by molar-refractivity contribution is 6.36. The summed E-state index contributed by atoms with van der Waals surface area (Å²) in [4.78, 5) is 22.0. The third kappa shape index (κ3) is 1.97. The Labute approximate surface area is 97.4 Å². The molecule has 0 unspecified atom stereocenters. The molecule has 4 heteroatoms. The highest BCUT2D eigenvalue weighted by atomic mass is 16.5. The van der Waals surface area contributed by atoms with Crippen molar-refractivity contribution >= 4 is 22.8 Å². The molecule has 0 spiro atoms. The first-order valence-electron chi connectivity index (χ1n) is 4.96. The van der Waals surface area contributed by atoms with Gasteiger partial charge < -0.3 is 9.84 Å². The lowest BCUT2D eigenvalue weighted by molar-refractivity contribution is -0.104. The summed E-state index contributed by atoms with van der Waals surface area (Å²) in [7, 11) is 1.52. The Kier molecular flexibility index (Phi) is 2.78. The van der Waals surface area contributed by atoms with Crippen molar-refractivity contribution < 1.29 is 19.4 Å². The molecule has 2 aromatic carbocycles. The molecule has 0 aliphatic heterocycles. The molecule has 4 nitrogen and oxygen atoms in total. The number of ether oxygens (including phenoxy) is 1. The van der Waals surface area contributed by atoms with E-state index in [1.807, 2.05) is 0 Å². The summed E-state index contributed by atoms with van der Waals surface area (Å²) in [6, 6.07) is 7.90. The van der Waals surface area contributed by atoms with E-state index in [-0.39, 0.29) is 17.6 Å². The lowest BCUT2D eigenvalue weighted by atomic mass is 10.0. The molecule has 2 aromatic rings. The predicted octanol–water partition coefficient (Wildman–Crippen LogP) is 1.94. The van der Waals surface area contributed by atoms with Crippen LogP contribution in [0.3, 0.4) is 0 Å². The Morgan fingerprint density at radius 2 is 2.06 bits per heavy atom. The van der Waals surface area contributed by atoms with Crippen molar-refractivity contribution in [1.82, 2.24) is 0 Å². The van der Waals surface area contributed by atoms with Crippen LogP contribution in [-0.2, 0) is 4.79 Å². The first-order chi connectivity index (χ1) is 8.15. The van der Waals surface area contributed by atoms with Gasteiger partial charge in [0.25, 0.3) is 0 Å². The fourth-order valence-corrected chi connectivity index (χ4v) is 1.72. The van der Waals surface area contributed by atoms with Crippen LogP contribution in [0.15, 0.2) is 30.3 Å². The van der Waals surface area contributed by atoms with E-state index >= 15 is 0 Å². The molecule has 86 valence electrons. The van der Waals surface area contributed by atoms with E-state index in [9.17, 15) is 14.7 Å². The molecule has 0 heterocycles. The zero-order valence-electron chi connectivity index (χ0n) is 9.14. The standard InChI is InChI=1S/C13H10O4/c1-17-10-3-2-8-4-9(15)5-12(11(8)6-10)13(16)7-14/h2-7,15H,1H3. The summed E-state index contributed by atoms with van der Waals surface area (Å²) in [6.45, 7) is 0. The maximum Gasteiger partial charge on any atom is 0.226 e. The quantitative estimate of drug-likeness (QED) is 0.497. The predicted molar refractivity (Wildman–Crippen MR) is 62.6 cm³/mol. The van der Waals surface area contributed by atoms with Gasteiger partial charge in [0.05, 0.1) is 7.11 Å². The molecule has 0 radical (unpaired) electrons. The molecule has 1 N–H and O–H groups in total. The van der Waals surface area contributed by atoms with Crippen molar-refractivity contribution in [3.8, 4) is 11.5 Å². The van der Waals surface area contributed by atoms with Gasteiger partial charge >= 0.3 is 0 Å². The monoisotopic (exact) mass is 230 g/mol. The van der Waals surface area contributed by atoms with Gasteiger partial charge in [0, 0.05) is 5.56 Å². The third-order valence-electron chi connectivity index (χ3n) is 2.52. The summed E-state index contributed by atoms with van der Waals surface area (Å²) in [6.07, 6.45) is 0.230. The van der Waals surface area contributed by atoms with Gasteiger partial charge in [-0.2, -0.15) is 0 Å². The Morgan fingerprint density at radius 1 is 1.29 bits per heavy atom. The Morgan fingerprint density at radius 3 is 2.71 bits per heavy atom. The second-order valence-corrected chi connectivity index (χ2v) is 3.56. The van der Waals surface area contributed by atoms with Crippen LogP contribution in [0.2, 0.25) is 0 Å². The first kappa shape index (κ1) is 11.1. The third-order valence-corrected chi connectivity index (χ3v) is 2.52. The number of phenolic OH excluding ortho intramolecular Hbond substituents is 1. The minimum atomic E-state index is -0.667.